The number of hydrogen-bond acceptors (Lipinski definition) is 3. The number of fused-ring (bicyclic) bond motifs is 2. The highest BCUT2D eigenvalue weighted by Gasteiger charge is 2.44. The van der Waals surface area contributed by atoms with E-state index in [0.717, 1.165) is 18.4 Å². The number of hydrogen-bond donors (Lipinski definition) is 1. The number of benzene rings is 1. The fourth-order valence-corrected chi connectivity index (χ4v) is 2.72. The Labute approximate surface area is 95.0 Å². The Bertz CT molecular complexity index is 425. The molecule has 1 heterocycles. The van der Waals surface area contributed by atoms with Gasteiger partial charge in [0.15, 0.2) is 5.79 Å². The standard InChI is InChI=1S/C13H16O3/c1-13(2)15-11-6-8-4-3-5-10(14)9(8)7-12(11)16-13/h3-5,11-12,14H,6-7H2,1-2H3/t11-,12+/m0/s1. The first-order valence-corrected chi connectivity index (χ1v) is 5.70. The lowest BCUT2D eigenvalue weighted by atomic mass is 9.87. The molecule has 1 aliphatic heterocycles. The van der Waals surface area contributed by atoms with Crippen LogP contribution in [0, 0.1) is 0 Å². The SMILES string of the molecule is CC1(C)O[C@H]2Cc3cccc(O)c3C[C@H]2O1. The van der Waals surface area contributed by atoms with Gasteiger partial charge in [-0.15, -0.1) is 0 Å². The van der Waals surface area contributed by atoms with Gasteiger partial charge in [-0.2, -0.15) is 0 Å². The molecule has 0 radical (unpaired) electrons. The van der Waals surface area contributed by atoms with Crippen LogP contribution >= 0.6 is 0 Å². The second-order valence-corrected chi connectivity index (χ2v) is 5.04. The molecule has 0 aromatic heterocycles. The minimum Gasteiger partial charge on any atom is -0.508 e. The molecule has 1 saturated heterocycles. The minimum absolute atomic E-state index is 0.0794. The summed E-state index contributed by atoms with van der Waals surface area (Å²) in [4.78, 5) is 0. The van der Waals surface area contributed by atoms with Crippen molar-refractivity contribution in [3.63, 3.8) is 0 Å². The first kappa shape index (κ1) is 10.1. The monoisotopic (exact) mass is 220 g/mol. The lowest BCUT2D eigenvalue weighted by Gasteiger charge is -2.25. The van der Waals surface area contributed by atoms with Crippen LogP contribution in [-0.4, -0.2) is 23.1 Å². The summed E-state index contributed by atoms with van der Waals surface area (Å²) in [6, 6.07) is 5.68. The topological polar surface area (TPSA) is 38.7 Å². The van der Waals surface area contributed by atoms with Crippen LogP contribution in [0.25, 0.3) is 0 Å². The van der Waals surface area contributed by atoms with Gasteiger partial charge in [0.05, 0.1) is 12.2 Å². The summed E-state index contributed by atoms with van der Waals surface area (Å²) in [7, 11) is 0. The first-order chi connectivity index (χ1) is 7.55. The molecule has 1 N–H and O–H groups in total. The van der Waals surface area contributed by atoms with Crippen molar-refractivity contribution in [2.24, 2.45) is 0 Å². The highest BCUT2D eigenvalue weighted by atomic mass is 16.7. The molecular formula is C13H16O3. The lowest BCUT2D eigenvalue weighted by Crippen LogP contribution is -2.32. The fraction of sp³-hybridized carbons (Fsp3) is 0.538. The maximum atomic E-state index is 9.81. The van der Waals surface area contributed by atoms with E-state index < -0.39 is 5.79 Å². The third-order valence-corrected chi connectivity index (χ3v) is 3.36. The zero-order chi connectivity index (χ0) is 11.3. The zero-order valence-corrected chi connectivity index (χ0v) is 9.56. The van der Waals surface area contributed by atoms with Gasteiger partial charge in [-0.25, -0.2) is 0 Å². The van der Waals surface area contributed by atoms with E-state index in [1.54, 1.807) is 6.07 Å². The van der Waals surface area contributed by atoms with Crippen LogP contribution < -0.4 is 0 Å². The average Bonchev–Trinajstić information content (AvgIpc) is 2.48. The van der Waals surface area contributed by atoms with E-state index in [0.29, 0.717) is 5.75 Å². The molecule has 1 aromatic rings. The molecular weight excluding hydrogens is 204 g/mol. The van der Waals surface area contributed by atoms with Crippen LogP contribution in [0.2, 0.25) is 0 Å². The van der Waals surface area contributed by atoms with Gasteiger partial charge >= 0.3 is 0 Å². The molecule has 1 aliphatic carbocycles. The molecule has 2 atom stereocenters. The quantitative estimate of drug-likeness (QED) is 0.727. The number of ether oxygens (including phenoxy) is 2. The van der Waals surface area contributed by atoms with Gasteiger partial charge in [-0.05, 0) is 31.0 Å². The van der Waals surface area contributed by atoms with Crippen molar-refractivity contribution in [2.45, 2.75) is 44.7 Å². The van der Waals surface area contributed by atoms with Crippen molar-refractivity contribution in [1.82, 2.24) is 0 Å². The predicted octanol–water partition coefficient (Wildman–Crippen LogP) is 2.01. The van der Waals surface area contributed by atoms with Gasteiger partial charge in [-0.1, -0.05) is 12.1 Å². The third kappa shape index (κ3) is 1.51. The van der Waals surface area contributed by atoms with Crippen molar-refractivity contribution in [3.05, 3.63) is 29.3 Å². The van der Waals surface area contributed by atoms with Crippen LogP contribution in [0.15, 0.2) is 18.2 Å². The van der Waals surface area contributed by atoms with E-state index in [9.17, 15) is 5.11 Å². The Hall–Kier alpha value is -1.06. The Morgan fingerprint density at radius 2 is 1.88 bits per heavy atom. The molecule has 3 rings (SSSR count). The largest absolute Gasteiger partial charge is 0.508 e. The minimum atomic E-state index is -0.493. The van der Waals surface area contributed by atoms with Crippen molar-refractivity contribution >= 4 is 0 Å². The molecule has 0 saturated carbocycles. The molecule has 16 heavy (non-hydrogen) atoms. The molecule has 86 valence electrons. The molecule has 0 spiro atoms. The second kappa shape index (κ2) is 3.22. The molecule has 0 unspecified atom stereocenters. The van der Waals surface area contributed by atoms with Crippen LogP contribution in [0.4, 0.5) is 0 Å². The Morgan fingerprint density at radius 1 is 1.19 bits per heavy atom. The van der Waals surface area contributed by atoms with Crippen molar-refractivity contribution in [2.75, 3.05) is 0 Å². The third-order valence-electron chi connectivity index (χ3n) is 3.36. The van der Waals surface area contributed by atoms with E-state index in [-0.39, 0.29) is 12.2 Å². The van der Waals surface area contributed by atoms with Gasteiger partial charge in [0, 0.05) is 12.8 Å². The molecule has 2 aliphatic rings. The van der Waals surface area contributed by atoms with Crippen molar-refractivity contribution in [3.8, 4) is 5.75 Å². The van der Waals surface area contributed by atoms with Crippen LogP contribution in [0.3, 0.4) is 0 Å². The van der Waals surface area contributed by atoms with Crippen LogP contribution in [0.5, 0.6) is 5.75 Å². The first-order valence-electron chi connectivity index (χ1n) is 5.70. The summed E-state index contributed by atoms with van der Waals surface area (Å²) in [5, 5.41) is 9.81. The summed E-state index contributed by atoms with van der Waals surface area (Å²) in [6.07, 6.45) is 1.79. The maximum absolute atomic E-state index is 9.81. The molecule has 0 amide bonds. The summed E-state index contributed by atoms with van der Waals surface area (Å²) in [5.41, 5.74) is 2.20. The molecule has 3 heteroatoms. The van der Waals surface area contributed by atoms with Gasteiger partial charge in [0.25, 0.3) is 0 Å². The van der Waals surface area contributed by atoms with Crippen LogP contribution in [-0.2, 0) is 22.3 Å². The number of aromatic hydroxyl groups is 1. The highest BCUT2D eigenvalue weighted by Crippen LogP contribution is 2.38. The summed E-state index contributed by atoms with van der Waals surface area (Å²) >= 11 is 0. The van der Waals surface area contributed by atoms with E-state index in [4.69, 9.17) is 9.47 Å². The van der Waals surface area contributed by atoms with E-state index in [1.165, 1.54) is 5.56 Å². The maximum Gasteiger partial charge on any atom is 0.163 e. The predicted molar refractivity (Wildman–Crippen MR) is 59.3 cm³/mol. The molecule has 1 fully saturated rings. The van der Waals surface area contributed by atoms with E-state index in [2.05, 4.69) is 6.07 Å². The number of rotatable bonds is 0. The fourth-order valence-electron chi connectivity index (χ4n) is 2.72. The second-order valence-electron chi connectivity index (χ2n) is 5.04. The highest BCUT2D eigenvalue weighted by molar-refractivity contribution is 5.42. The molecule has 1 aromatic carbocycles. The number of phenolic OH excluding ortho intramolecular Hbond substituents is 1. The lowest BCUT2D eigenvalue weighted by molar-refractivity contribution is -0.145. The van der Waals surface area contributed by atoms with E-state index >= 15 is 0 Å². The van der Waals surface area contributed by atoms with Crippen LogP contribution in [0.1, 0.15) is 25.0 Å². The summed E-state index contributed by atoms with van der Waals surface area (Å²) in [5.74, 6) is -0.114. The Balaban J connectivity index is 1.94. The van der Waals surface area contributed by atoms with Gasteiger partial charge < -0.3 is 14.6 Å². The van der Waals surface area contributed by atoms with E-state index in [1.807, 2.05) is 19.9 Å². The van der Waals surface area contributed by atoms with Gasteiger partial charge in [0.2, 0.25) is 0 Å². The Kier molecular flexibility index (Phi) is 2.03. The zero-order valence-electron chi connectivity index (χ0n) is 9.56. The Morgan fingerprint density at radius 3 is 2.62 bits per heavy atom. The van der Waals surface area contributed by atoms with Gasteiger partial charge in [0.1, 0.15) is 5.75 Å². The summed E-state index contributed by atoms with van der Waals surface area (Å²) in [6.45, 7) is 3.88. The number of phenols is 1. The van der Waals surface area contributed by atoms with Gasteiger partial charge in [-0.3, -0.25) is 0 Å². The summed E-state index contributed by atoms with van der Waals surface area (Å²) < 4.78 is 11.7. The molecule has 0 bridgehead atoms. The van der Waals surface area contributed by atoms with Crippen molar-refractivity contribution < 1.29 is 14.6 Å². The normalized spacial score (nSPS) is 30.9. The van der Waals surface area contributed by atoms with Crippen molar-refractivity contribution in [1.29, 1.82) is 0 Å². The molecule has 3 nitrogen and oxygen atoms in total. The smallest absolute Gasteiger partial charge is 0.163 e. The average molecular weight is 220 g/mol.